The van der Waals surface area contributed by atoms with Crippen LogP contribution >= 0.6 is 11.5 Å². The highest BCUT2D eigenvalue weighted by Crippen LogP contribution is 2.30. The second-order valence-corrected chi connectivity index (χ2v) is 5.96. The van der Waals surface area contributed by atoms with E-state index < -0.39 is 5.97 Å². The minimum absolute atomic E-state index is 0.323. The number of rotatable bonds is 3. The molecule has 0 fully saturated rings. The van der Waals surface area contributed by atoms with Crippen molar-refractivity contribution >= 4 is 22.6 Å². The Kier molecular flexibility index (Phi) is 3.17. The molecular weight excluding hydrogens is 274 g/mol. The van der Waals surface area contributed by atoms with E-state index in [-0.39, 0.29) is 0 Å². The minimum atomic E-state index is -0.885. The van der Waals surface area contributed by atoms with Crippen molar-refractivity contribution in [3.05, 3.63) is 40.7 Å². The van der Waals surface area contributed by atoms with Gasteiger partial charge in [0.2, 0.25) is 5.13 Å². The number of carboxylic acid groups (broad SMARTS) is 1. The summed E-state index contributed by atoms with van der Waals surface area (Å²) in [7, 11) is 0. The van der Waals surface area contributed by atoms with Gasteiger partial charge in [-0.15, -0.1) is 0 Å². The van der Waals surface area contributed by atoms with Crippen LogP contribution < -0.4 is 4.90 Å². The van der Waals surface area contributed by atoms with Crippen molar-refractivity contribution < 1.29 is 9.90 Å². The van der Waals surface area contributed by atoms with Crippen molar-refractivity contribution in [2.24, 2.45) is 0 Å². The Balaban J connectivity index is 1.84. The number of nitrogens with zero attached hydrogens (tertiary/aromatic N) is 3. The Morgan fingerprint density at radius 1 is 1.35 bits per heavy atom. The first-order chi connectivity index (χ1) is 9.54. The molecule has 20 heavy (non-hydrogen) atoms. The molecule has 5 nitrogen and oxygen atoms in total. The third kappa shape index (κ3) is 2.27. The van der Waals surface area contributed by atoms with Gasteiger partial charge in [0, 0.05) is 30.5 Å². The maximum atomic E-state index is 11.0. The average Bonchev–Trinajstić information content (AvgIpc) is 3.04. The lowest BCUT2D eigenvalue weighted by atomic mass is 10.1. The van der Waals surface area contributed by atoms with Crippen LogP contribution in [0, 0.1) is 0 Å². The summed E-state index contributed by atoms with van der Waals surface area (Å²) in [6, 6.07) is 5.30. The third-order valence-corrected chi connectivity index (χ3v) is 4.18. The van der Waals surface area contributed by atoms with Crippen molar-refractivity contribution in [1.82, 2.24) is 9.36 Å². The Morgan fingerprint density at radius 2 is 2.10 bits per heavy atom. The van der Waals surface area contributed by atoms with E-state index in [0.717, 1.165) is 28.6 Å². The van der Waals surface area contributed by atoms with E-state index in [1.54, 1.807) is 12.1 Å². The number of aromatic carboxylic acids is 1. The van der Waals surface area contributed by atoms with Crippen molar-refractivity contribution in [3.8, 4) is 0 Å². The van der Waals surface area contributed by atoms with Crippen LogP contribution in [0.5, 0.6) is 0 Å². The van der Waals surface area contributed by atoms with Gasteiger partial charge in [-0.3, -0.25) is 0 Å². The molecular formula is C14H15N3O2S. The number of hydrogen-bond donors (Lipinski definition) is 1. The molecule has 0 radical (unpaired) electrons. The molecule has 1 aromatic carbocycles. The Hall–Kier alpha value is -1.95. The topological polar surface area (TPSA) is 66.3 Å². The summed E-state index contributed by atoms with van der Waals surface area (Å²) in [6.45, 7) is 5.61. The minimum Gasteiger partial charge on any atom is -0.478 e. The summed E-state index contributed by atoms with van der Waals surface area (Å²) >= 11 is 1.40. The monoisotopic (exact) mass is 289 g/mol. The summed E-state index contributed by atoms with van der Waals surface area (Å²) in [4.78, 5) is 17.7. The van der Waals surface area contributed by atoms with E-state index >= 15 is 0 Å². The van der Waals surface area contributed by atoms with Gasteiger partial charge in [0.15, 0.2) is 0 Å². The molecule has 3 rings (SSSR count). The van der Waals surface area contributed by atoms with Crippen LogP contribution in [0.1, 0.15) is 47.1 Å². The van der Waals surface area contributed by atoms with Crippen LogP contribution in [0.3, 0.4) is 0 Å². The first kappa shape index (κ1) is 13.1. The molecule has 1 aliphatic heterocycles. The smallest absolute Gasteiger partial charge is 0.335 e. The van der Waals surface area contributed by atoms with Gasteiger partial charge >= 0.3 is 5.97 Å². The van der Waals surface area contributed by atoms with Gasteiger partial charge in [-0.05, 0) is 23.3 Å². The van der Waals surface area contributed by atoms with Crippen LogP contribution in [0.4, 0.5) is 5.13 Å². The lowest BCUT2D eigenvalue weighted by Gasteiger charge is -2.12. The first-order valence-corrected chi connectivity index (χ1v) is 7.25. The number of fused-ring (bicyclic) bond motifs is 1. The van der Waals surface area contributed by atoms with Crippen LogP contribution in [0.2, 0.25) is 0 Å². The fourth-order valence-corrected chi connectivity index (χ4v) is 3.06. The van der Waals surface area contributed by atoms with E-state index in [4.69, 9.17) is 5.11 Å². The van der Waals surface area contributed by atoms with E-state index in [1.807, 2.05) is 6.07 Å². The predicted molar refractivity (Wildman–Crippen MR) is 77.3 cm³/mol. The lowest BCUT2D eigenvalue weighted by molar-refractivity contribution is 0.0697. The van der Waals surface area contributed by atoms with Gasteiger partial charge in [-0.25, -0.2) is 9.78 Å². The molecule has 0 aliphatic carbocycles. The highest BCUT2D eigenvalue weighted by molar-refractivity contribution is 7.09. The molecule has 0 bridgehead atoms. The molecule has 1 N–H and O–H groups in total. The van der Waals surface area contributed by atoms with Crippen LogP contribution in [-0.4, -0.2) is 20.4 Å². The largest absolute Gasteiger partial charge is 0.478 e. The van der Waals surface area contributed by atoms with Crippen molar-refractivity contribution in [2.45, 2.75) is 32.9 Å². The van der Waals surface area contributed by atoms with Gasteiger partial charge in [0.25, 0.3) is 0 Å². The quantitative estimate of drug-likeness (QED) is 0.941. The Bertz CT molecular complexity index is 666. The van der Waals surface area contributed by atoms with Crippen molar-refractivity contribution in [3.63, 3.8) is 0 Å². The van der Waals surface area contributed by atoms with Gasteiger partial charge in [0.05, 0.1) is 5.56 Å². The predicted octanol–water partition coefficient (Wildman–Crippen LogP) is 2.88. The standard InChI is InChI=1S/C14H15N3O2S/c1-8(2)12-15-14(20-16-12)17-6-10-4-3-9(13(18)19)5-11(10)7-17/h3-5,8H,6-7H2,1-2H3,(H,18,19). The van der Waals surface area contributed by atoms with Gasteiger partial charge in [-0.1, -0.05) is 19.9 Å². The molecule has 0 saturated carbocycles. The molecule has 2 aromatic rings. The molecule has 104 valence electrons. The summed E-state index contributed by atoms with van der Waals surface area (Å²) < 4.78 is 4.36. The number of carbonyl (C=O) groups is 1. The molecule has 1 aliphatic rings. The summed E-state index contributed by atoms with van der Waals surface area (Å²) in [5, 5.41) is 9.93. The highest BCUT2D eigenvalue weighted by Gasteiger charge is 2.23. The van der Waals surface area contributed by atoms with E-state index in [9.17, 15) is 4.79 Å². The zero-order valence-corrected chi connectivity index (χ0v) is 12.1. The third-order valence-electron chi connectivity index (χ3n) is 3.39. The SMILES string of the molecule is CC(C)c1nsc(N2Cc3ccc(C(=O)O)cc3C2)n1. The Labute approximate surface area is 121 Å². The normalized spacial score (nSPS) is 13.8. The number of anilines is 1. The fraction of sp³-hybridized carbons (Fsp3) is 0.357. The first-order valence-electron chi connectivity index (χ1n) is 6.48. The maximum Gasteiger partial charge on any atom is 0.335 e. The average molecular weight is 289 g/mol. The second-order valence-electron chi connectivity index (χ2n) is 5.23. The van der Waals surface area contributed by atoms with Gasteiger partial charge < -0.3 is 10.0 Å². The maximum absolute atomic E-state index is 11.0. The highest BCUT2D eigenvalue weighted by atomic mass is 32.1. The number of hydrogen-bond acceptors (Lipinski definition) is 5. The van der Waals surface area contributed by atoms with E-state index in [2.05, 4.69) is 28.1 Å². The summed E-state index contributed by atoms with van der Waals surface area (Å²) in [5.41, 5.74) is 2.56. The molecule has 0 spiro atoms. The zero-order chi connectivity index (χ0) is 14.3. The number of carboxylic acids is 1. The van der Waals surface area contributed by atoms with Crippen molar-refractivity contribution in [2.75, 3.05) is 4.90 Å². The zero-order valence-electron chi connectivity index (χ0n) is 11.3. The molecule has 2 heterocycles. The molecule has 1 aromatic heterocycles. The summed E-state index contributed by atoms with van der Waals surface area (Å²) in [6.07, 6.45) is 0. The van der Waals surface area contributed by atoms with E-state index in [0.29, 0.717) is 18.0 Å². The van der Waals surface area contributed by atoms with E-state index in [1.165, 1.54) is 11.5 Å². The molecule has 6 heteroatoms. The second kappa shape index (κ2) is 4.86. The van der Waals surface area contributed by atoms with Crippen LogP contribution in [0.25, 0.3) is 0 Å². The molecule has 0 unspecified atom stereocenters. The Morgan fingerprint density at radius 3 is 2.75 bits per heavy atom. The van der Waals surface area contributed by atoms with Crippen molar-refractivity contribution in [1.29, 1.82) is 0 Å². The molecule has 0 saturated heterocycles. The van der Waals surface area contributed by atoms with Gasteiger partial charge in [0.1, 0.15) is 5.82 Å². The summed E-state index contributed by atoms with van der Waals surface area (Å²) in [5.74, 6) is 0.306. The lowest BCUT2D eigenvalue weighted by Crippen LogP contribution is -2.14. The van der Waals surface area contributed by atoms with Gasteiger partial charge in [-0.2, -0.15) is 4.37 Å². The fourth-order valence-electron chi connectivity index (χ4n) is 2.25. The molecule has 0 amide bonds. The number of aromatic nitrogens is 2. The van der Waals surface area contributed by atoms with Crippen LogP contribution in [0.15, 0.2) is 18.2 Å². The molecule has 0 atom stereocenters. The van der Waals surface area contributed by atoms with Crippen LogP contribution in [-0.2, 0) is 13.1 Å². The number of benzene rings is 1.